The highest BCUT2D eigenvalue weighted by molar-refractivity contribution is 7.98. The summed E-state index contributed by atoms with van der Waals surface area (Å²) in [5.74, 6) is 0.0104. The molecule has 0 amide bonds. The number of hydrogen-bond donors (Lipinski definition) is 1. The molecule has 3 rings (SSSR count). The first-order valence-corrected chi connectivity index (χ1v) is 9.57. The Labute approximate surface area is 164 Å². The Morgan fingerprint density at radius 2 is 1.54 bits per heavy atom. The second kappa shape index (κ2) is 7.69. The van der Waals surface area contributed by atoms with Crippen molar-refractivity contribution in [2.45, 2.75) is 22.2 Å². The maximum absolute atomic E-state index is 12.9. The van der Waals surface area contributed by atoms with Gasteiger partial charge in [-0.15, -0.1) is 11.3 Å². The van der Waals surface area contributed by atoms with Gasteiger partial charge >= 0.3 is 12.4 Å². The van der Waals surface area contributed by atoms with E-state index in [0.717, 1.165) is 4.21 Å². The van der Waals surface area contributed by atoms with Crippen molar-refractivity contribution in [1.29, 1.82) is 0 Å². The van der Waals surface area contributed by atoms with E-state index in [1.54, 1.807) is 28.2 Å². The van der Waals surface area contributed by atoms with Crippen LogP contribution in [-0.4, -0.2) is 57.9 Å². The molecule has 154 valence electrons. The Morgan fingerprint density at radius 1 is 0.964 bits per heavy atom. The largest absolute Gasteiger partial charge is 0.430 e. The normalized spacial score (nSPS) is 17.2. The number of thiophene rings is 1. The van der Waals surface area contributed by atoms with Crippen LogP contribution in [0.1, 0.15) is 5.56 Å². The summed E-state index contributed by atoms with van der Waals surface area (Å²) in [6.45, 7) is 2.15. The van der Waals surface area contributed by atoms with E-state index in [4.69, 9.17) is 0 Å². The number of anilines is 1. The first-order chi connectivity index (χ1) is 13.0. The summed E-state index contributed by atoms with van der Waals surface area (Å²) in [7, 11) is 0. The molecule has 2 aromatic rings. The van der Waals surface area contributed by atoms with Gasteiger partial charge in [0.25, 0.3) is 5.60 Å². The average Bonchev–Trinajstić information content (AvgIpc) is 3.13. The van der Waals surface area contributed by atoms with Gasteiger partial charge in [0.15, 0.2) is 0 Å². The molecule has 0 bridgehead atoms. The van der Waals surface area contributed by atoms with Crippen molar-refractivity contribution in [2.75, 3.05) is 31.1 Å². The van der Waals surface area contributed by atoms with E-state index in [1.165, 1.54) is 0 Å². The first kappa shape index (κ1) is 21.1. The molecule has 1 N–H and O–H groups in total. The third-order valence-electron chi connectivity index (χ3n) is 4.11. The van der Waals surface area contributed by atoms with Gasteiger partial charge in [0.2, 0.25) is 5.95 Å². The lowest BCUT2D eigenvalue weighted by atomic mass is 9.95. The fourth-order valence-electron chi connectivity index (χ4n) is 2.58. The summed E-state index contributed by atoms with van der Waals surface area (Å²) in [5.41, 5.74) is -6.49. The Morgan fingerprint density at radius 3 is 2.00 bits per heavy atom. The van der Waals surface area contributed by atoms with E-state index in [-0.39, 0.29) is 5.95 Å². The number of aliphatic hydroxyl groups is 1. The molecular formula is C15H14F6N4OS2. The van der Waals surface area contributed by atoms with Crippen LogP contribution in [0.3, 0.4) is 0 Å². The van der Waals surface area contributed by atoms with Crippen molar-refractivity contribution in [2.24, 2.45) is 0 Å². The van der Waals surface area contributed by atoms with Crippen LogP contribution in [0.15, 0.2) is 34.1 Å². The average molecular weight is 444 g/mol. The molecule has 28 heavy (non-hydrogen) atoms. The summed E-state index contributed by atoms with van der Waals surface area (Å²) in [4.78, 5) is 8.92. The predicted octanol–water partition coefficient (Wildman–Crippen LogP) is 3.68. The van der Waals surface area contributed by atoms with E-state index in [1.807, 2.05) is 17.5 Å². The molecule has 2 aromatic heterocycles. The fourth-order valence-corrected chi connectivity index (χ4v) is 4.42. The van der Waals surface area contributed by atoms with E-state index >= 15 is 0 Å². The van der Waals surface area contributed by atoms with E-state index in [0.29, 0.717) is 38.6 Å². The summed E-state index contributed by atoms with van der Waals surface area (Å²) in [6, 6.07) is 3.91. The van der Waals surface area contributed by atoms with Crippen molar-refractivity contribution in [3.8, 4) is 0 Å². The van der Waals surface area contributed by atoms with Crippen LogP contribution in [0.4, 0.5) is 32.3 Å². The van der Waals surface area contributed by atoms with Gasteiger partial charge in [-0.05, 0) is 23.4 Å². The topological polar surface area (TPSA) is 52.5 Å². The molecule has 3 heterocycles. The zero-order chi connectivity index (χ0) is 20.6. The van der Waals surface area contributed by atoms with Gasteiger partial charge in [-0.1, -0.05) is 6.07 Å². The second-order valence-corrected chi connectivity index (χ2v) is 8.26. The minimum Gasteiger partial charge on any atom is -0.369 e. The molecule has 1 saturated heterocycles. The van der Waals surface area contributed by atoms with E-state index in [9.17, 15) is 31.4 Å². The molecule has 0 atom stereocenters. The van der Waals surface area contributed by atoms with Crippen LogP contribution >= 0.6 is 23.3 Å². The molecule has 0 saturated carbocycles. The monoisotopic (exact) mass is 444 g/mol. The quantitative estimate of drug-likeness (QED) is 0.574. The van der Waals surface area contributed by atoms with Gasteiger partial charge in [-0.3, -0.25) is 0 Å². The predicted molar refractivity (Wildman–Crippen MR) is 92.0 cm³/mol. The maximum Gasteiger partial charge on any atom is 0.430 e. The number of nitrogens with zero attached hydrogens (tertiary/aromatic N) is 4. The zero-order valence-corrected chi connectivity index (χ0v) is 15.7. The van der Waals surface area contributed by atoms with Crippen molar-refractivity contribution < 1.29 is 31.4 Å². The lowest BCUT2D eigenvalue weighted by molar-refractivity contribution is -0.376. The summed E-state index contributed by atoms with van der Waals surface area (Å²) in [6.07, 6.45) is -11.2. The number of aromatic nitrogens is 2. The van der Waals surface area contributed by atoms with Crippen LogP contribution in [-0.2, 0) is 5.60 Å². The van der Waals surface area contributed by atoms with Gasteiger partial charge in [-0.25, -0.2) is 14.3 Å². The second-order valence-electron chi connectivity index (χ2n) is 5.92. The third-order valence-corrected chi connectivity index (χ3v) is 6.23. The third kappa shape index (κ3) is 4.07. The van der Waals surface area contributed by atoms with E-state index < -0.39 is 23.5 Å². The molecule has 5 nitrogen and oxygen atoms in total. The van der Waals surface area contributed by atoms with Gasteiger partial charge < -0.3 is 10.0 Å². The molecular weight excluding hydrogens is 430 g/mol. The summed E-state index contributed by atoms with van der Waals surface area (Å²) < 4.78 is 80.6. The first-order valence-electron chi connectivity index (χ1n) is 7.92. The minimum absolute atomic E-state index is 0.0104. The molecule has 1 aliphatic rings. The molecule has 0 spiro atoms. The molecule has 13 heteroatoms. The van der Waals surface area contributed by atoms with E-state index in [2.05, 4.69) is 14.3 Å². The molecule has 0 unspecified atom stereocenters. The van der Waals surface area contributed by atoms with Crippen molar-refractivity contribution >= 4 is 29.2 Å². The summed E-state index contributed by atoms with van der Waals surface area (Å²) in [5, 5.41) is 11.3. The Bertz CT molecular complexity index is 759. The Hall–Kier alpha value is -1.57. The van der Waals surface area contributed by atoms with Crippen molar-refractivity contribution in [1.82, 2.24) is 14.3 Å². The molecule has 1 fully saturated rings. The van der Waals surface area contributed by atoms with Crippen LogP contribution < -0.4 is 4.90 Å². The molecule has 1 aliphatic heterocycles. The van der Waals surface area contributed by atoms with Gasteiger partial charge in [0.05, 0.1) is 4.21 Å². The summed E-state index contributed by atoms with van der Waals surface area (Å²) >= 11 is 3.18. The molecule has 0 aromatic carbocycles. The number of piperazine rings is 1. The minimum atomic E-state index is -5.96. The van der Waals surface area contributed by atoms with Gasteiger partial charge in [-0.2, -0.15) is 26.3 Å². The van der Waals surface area contributed by atoms with Gasteiger partial charge in [0, 0.05) is 44.1 Å². The SMILES string of the molecule is OC(c1cnc(N2CCN(Sc3cccs3)CC2)nc1)(C(F)(F)F)C(F)(F)F. The molecule has 0 aliphatic carbocycles. The number of rotatable bonds is 4. The van der Waals surface area contributed by atoms with Crippen LogP contribution in [0.5, 0.6) is 0 Å². The van der Waals surface area contributed by atoms with Crippen molar-refractivity contribution in [3.05, 3.63) is 35.5 Å². The van der Waals surface area contributed by atoms with Crippen LogP contribution in [0.25, 0.3) is 0 Å². The van der Waals surface area contributed by atoms with Crippen molar-refractivity contribution in [3.63, 3.8) is 0 Å². The van der Waals surface area contributed by atoms with Crippen LogP contribution in [0.2, 0.25) is 0 Å². The van der Waals surface area contributed by atoms with Crippen LogP contribution in [0, 0.1) is 0 Å². The Kier molecular flexibility index (Phi) is 5.81. The lowest BCUT2D eigenvalue weighted by Crippen LogP contribution is -2.54. The number of hydrogen-bond acceptors (Lipinski definition) is 7. The lowest BCUT2D eigenvalue weighted by Gasteiger charge is -2.34. The standard InChI is InChI=1S/C15H14F6N4OS2/c16-14(17,18)13(26,15(19,20)21)10-8-22-12(23-9-10)24-3-5-25(6-4-24)28-11-2-1-7-27-11/h1-2,7-9,26H,3-6H2. The van der Waals surface area contributed by atoms with Gasteiger partial charge in [0.1, 0.15) is 0 Å². The molecule has 0 radical (unpaired) electrons. The smallest absolute Gasteiger partial charge is 0.369 e. The zero-order valence-electron chi connectivity index (χ0n) is 14.0. The number of halogens is 6. The Balaban J connectivity index is 1.69. The number of alkyl halides is 6. The highest BCUT2D eigenvalue weighted by Crippen LogP contribution is 2.49. The highest BCUT2D eigenvalue weighted by Gasteiger charge is 2.71. The highest BCUT2D eigenvalue weighted by atomic mass is 32.2. The fraction of sp³-hybridized carbons (Fsp3) is 0.467. The maximum atomic E-state index is 12.9.